The van der Waals surface area contributed by atoms with Crippen molar-refractivity contribution in [1.29, 1.82) is 5.26 Å². The fourth-order valence-corrected chi connectivity index (χ4v) is 3.69. The van der Waals surface area contributed by atoms with Crippen LogP contribution in [0.5, 0.6) is 11.5 Å². The number of anilines is 1. The molecule has 2 aromatic rings. The van der Waals surface area contributed by atoms with Crippen molar-refractivity contribution >= 4 is 11.6 Å². The van der Waals surface area contributed by atoms with Gasteiger partial charge in [0.25, 0.3) is 5.91 Å². The van der Waals surface area contributed by atoms with Crippen molar-refractivity contribution in [3.05, 3.63) is 53.6 Å². The minimum absolute atomic E-state index is 0.0612. The molecule has 1 aliphatic rings. The minimum Gasteiger partial charge on any atom is -0.497 e. The Hall–Kier alpha value is -3.04. The van der Waals surface area contributed by atoms with Crippen LogP contribution in [0.15, 0.2) is 42.5 Å². The maximum Gasteiger partial charge on any atom is 0.279 e. The van der Waals surface area contributed by atoms with E-state index in [0.29, 0.717) is 17.8 Å². The van der Waals surface area contributed by atoms with Crippen molar-refractivity contribution < 1.29 is 19.2 Å². The molecule has 6 heteroatoms. The molecule has 1 fully saturated rings. The van der Waals surface area contributed by atoms with Gasteiger partial charge in [0.15, 0.2) is 6.54 Å². The Morgan fingerprint density at radius 3 is 2.85 bits per heavy atom. The fourth-order valence-electron chi connectivity index (χ4n) is 3.69. The topological polar surface area (TPSA) is 75.8 Å². The molecule has 0 aromatic heterocycles. The number of amides is 1. The molecule has 1 amide bonds. The van der Waals surface area contributed by atoms with Crippen molar-refractivity contribution in [2.45, 2.75) is 18.9 Å². The Kier molecular flexibility index (Phi) is 5.94. The molecular weight excluding hydrogens is 342 g/mol. The first-order chi connectivity index (χ1) is 13.1. The number of carbonyl (C=O) groups is 1. The van der Waals surface area contributed by atoms with E-state index in [-0.39, 0.29) is 11.9 Å². The van der Waals surface area contributed by atoms with Gasteiger partial charge in [-0.15, -0.1) is 0 Å². The molecule has 1 heterocycles. The van der Waals surface area contributed by atoms with Crippen LogP contribution in [0.2, 0.25) is 0 Å². The predicted octanol–water partition coefficient (Wildman–Crippen LogP) is 1.93. The van der Waals surface area contributed by atoms with E-state index in [0.717, 1.165) is 36.4 Å². The molecule has 2 atom stereocenters. The SMILES string of the molecule is COc1ccc(OC)c([C@@H]2CCC[NH+]2CC(=O)Nc2cccc(C#N)c2)c1. The Morgan fingerprint density at radius 2 is 2.11 bits per heavy atom. The van der Waals surface area contributed by atoms with Crippen LogP contribution in [0.25, 0.3) is 0 Å². The van der Waals surface area contributed by atoms with E-state index in [1.807, 2.05) is 18.2 Å². The van der Waals surface area contributed by atoms with Gasteiger partial charge < -0.3 is 19.7 Å². The van der Waals surface area contributed by atoms with Crippen LogP contribution in [0.1, 0.15) is 30.0 Å². The monoisotopic (exact) mass is 366 g/mol. The summed E-state index contributed by atoms with van der Waals surface area (Å²) in [5, 5.41) is 11.9. The summed E-state index contributed by atoms with van der Waals surface area (Å²) >= 11 is 0. The van der Waals surface area contributed by atoms with Crippen LogP contribution in [0.3, 0.4) is 0 Å². The van der Waals surface area contributed by atoms with Gasteiger partial charge in [-0.1, -0.05) is 6.07 Å². The Labute approximate surface area is 159 Å². The number of methoxy groups -OCH3 is 2. The first-order valence-corrected chi connectivity index (χ1v) is 9.01. The highest BCUT2D eigenvalue weighted by Crippen LogP contribution is 2.31. The van der Waals surface area contributed by atoms with Crippen LogP contribution in [-0.4, -0.2) is 33.2 Å². The molecule has 0 aliphatic carbocycles. The van der Waals surface area contributed by atoms with Crippen molar-refractivity contribution in [2.75, 3.05) is 32.6 Å². The molecule has 0 radical (unpaired) electrons. The third-order valence-electron chi connectivity index (χ3n) is 4.96. The van der Waals surface area contributed by atoms with Crippen LogP contribution in [-0.2, 0) is 4.79 Å². The second kappa shape index (κ2) is 8.56. The number of ether oxygens (including phenoxy) is 2. The van der Waals surface area contributed by atoms with Gasteiger partial charge >= 0.3 is 0 Å². The summed E-state index contributed by atoms with van der Waals surface area (Å²) in [6.45, 7) is 1.29. The lowest BCUT2D eigenvalue weighted by molar-refractivity contribution is -0.910. The van der Waals surface area contributed by atoms with Gasteiger partial charge in [0.1, 0.15) is 17.5 Å². The molecule has 0 saturated carbocycles. The summed E-state index contributed by atoms with van der Waals surface area (Å²) in [5.74, 6) is 1.55. The summed E-state index contributed by atoms with van der Waals surface area (Å²) in [4.78, 5) is 13.8. The second-order valence-corrected chi connectivity index (χ2v) is 6.63. The maximum atomic E-state index is 12.6. The summed E-state index contributed by atoms with van der Waals surface area (Å²) in [7, 11) is 3.31. The molecule has 1 saturated heterocycles. The standard InChI is InChI=1S/C21H23N3O3/c1-26-17-8-9-20(27-2)18(12-17)19-7-4-10-24(19)14-21(25)23-16-6-3-5-15(11-16)13-22/h3,5-6,8-9,11-12,19H,4,7,10,14H2,1-2H3,(H,23,25)/p+1/t19-/m0/s1. The first-order valence-electron chi connectivity index (χ1n) is 9.01. The lowest BCUT2D eigenvalue weighted by Gasteiger charge is -2.23. The molecule has 6 nitrogen and oxygen atoms in total. The number of hydrogen-bond acceptors (Lipinski definition) is 4. The summed E-state index contributed by atoms with van der Waals surface area (Å²) in [5.41, 5.74) is 2.25. The smallest absolute Gasteiger partial charge is 0.279 e. The normalized spacial score (nSPS) is 18.6. The van der Waals surface area contributed by atoms with Crippen molar-refractivity contribution in [3.8, 4) is 17.6 Å². The summed E-state index contributed by atoms with van der Waals surface area (Å²) < 4.78 is 10.9. The number of nitriles is 1. The maximum absolute atomic E-state index is 12.6. The third kappa shape index (κ3) is 4.39. The highest BCUT2D eigenvalue weighted by molar-refractivity contribution is 5.91. The Balaban J connectivity index is 1.73. The van der Waals surface area contributed by atoms with Gasteiger partial charge in [0, 0.05) is 18.5 Å². The van der Waals surface area contributed by atoms with Crippen molar-refractivity contribution in [3.63, 3.8) is 0 Å². The second-order valence-electron chi connectivity index (χ2n) is 6.63. The number of quaternary nitrogens is 1. The zero-order valence-electron chi connectivity index (χ0n) is 15.6. The molecule has 0 bridgehead atoms. The molecular formula is C21H24N3O3+. The molecule has 3 rings (SSSR count). The van der Waals surface area contributed by atoms with E-state index in [1.54, 1.807) is 38.5 Å². The Morgan fingerprint density at radius 1 is 1.26 bits per heavy atom. The number of rotatable bonds is 6. The van der Waals surface area contributed by atoms with Crippen molar-refractivity contribution in [2.24, 2.45) is 0 Å². The number of nitrogens with zero attached hydrogens (tertiary/aromatic N) is 1. The van der Waals surface area contributed by atoms with Crippen LogP contribution in [0.4, 0.5) is 5.69 Å². The first kappa shape index (κ1) is 18.7. The summed E-state index contributed by atoms with van der Waals surface area (Å²) in [6.07, 6.45) is 2.05. The molecule has 1 aliphatic heterocycles. The van der Waals surface area contributed by atoms with E-state index < -0.39 is 0 Å². The predicted molar refractivity (Wildman–Crippen MR) is 102 cm³/mol. The molecule has 140 valence electrons. The van der Waals surface area contributed by atoms with E-state index in [1.165, 1.54) is 4.90 Å². The van der Waals surface area contributed by atoms with Gasteiger partial charge in [-0.25, -0.2) is 0 Å². The van der Waals surface area contributed by atoms with Gasteiger partial charge in [-0.05, 0) is 36.4 Å². The van der Waals surface area contributed by atoms with Gasteiger partial charge in [0.2, 0.25) is 0 Å². The minimum atomic E-state index is -0.0612. The quantitative estimate of drug-likeness (QED) is 0.819. The van der Waals surface area contributed by atoms with Crippen molar-refractivity contribution in [1.82, 2.24) is 0 Å². The number of hydrogen-bond donors (Lipinski definition) is 2. The van der Waals surface area contributed by atoms with Crippen LogP contribution in [0, 0.1) is 11.3 Å². The lowest BCUT2D eigenvalue weighted by Crippen LogP contribution is -3.11. The molecule has 0 spiro atoms. The zero-order valence-corrected chi connectivity index (χ0v) is 15.6. The Bertz CT molecular complexity index is 860. The van der Waals surface area contributed by atoms with Gasteiger partial charge in [-0.3, -0.25) is 4.79 Å². The number of likely N-dealkylation sites (tertiary alicyclic amines) is 1. The highest BCUT2D eigenvalue weighted by atomic mass is 16.5. The van der Waals surface area contributed by atoms with Gasteiger partial charge in [-0.2, -0.15) is 5.26 Å². The van der Waals surface area contributed by atoms with E-state index in [9.17, 15) is 4.79 Å². The highest BCUT2D eigenvalue weighted by Gasteiger charge is 2.34. The van der Waals surface area contributed by atoms with E-state index in [2.05, 4.69) is 11.4 Å². The average Bonchev–Trinajstić information content (AvgIpc) is 3.15. The third-order valence-corrected chi connectivity index (χ3v) is 4.96. The molecule has 2 aromatic carbocycles. The average molecular weight is 366 g/mol. The zero-order chi connectivity index (χ0) is 19.2. The van der Waals surface area contributed by atoms with E-state index >= 15 is 0 Å². The summed E-state index contributed by atoms with van der Waals surface area (Å²) in [6, 6.07) is 15.0. The van der Waals surface area contributed by atoms with Crippen LogP contribution < -0.4 is 19.7 Å². The molecule has 2 N–H and O–H groups in total. The van der Waals surface area contributed by atoms with Crippen LogP contribution >= 0.6 is 0 Å². The van der Waals surface area contributed by atoms with E-state index in [4.69, 9.17) is 14.7 Å². The molecule has 27 heavy (non-hydrogen) atoms. The fraction of sp³-hybridized carbons (Fsp3) is 0.333. The number of nitrogens with one attached hydrogen (secondary N) is 2. The van der Waals surface area contributed by atoms with Gasteiger partial charge in [0.05, 0.1) is 38.0 Å². The largest absolute Gasteiger partial charge is 0.497 e. The number of benzene rings is 2. The lowest BCUT2D eigenvalue weighted by atomic mass is 10.0. The number of carbonyl (C=O) groups excluding carboxylic acids is 1. The molecule has 1 unspecified atom stereocenters.